The Balaban J connectivity index is 1.69. The fourth-order valence-corrected chi connectivity index (χ4v) is 4.17. The normalized spacial score (nSPS) is 16.1. The lowest BCUT2D eigenvalue weighted by atomic mass is 9.95. The van der Waals surface area contributed by atoms with E-state index in [0.29, 0.717) is 12.0 Å². The van der Waals surface area contributed by atoms with Gasteiger partial charge in [-0.3, -0.25) is 9.59 Å². The number of aromatic amines is 1. The number of H-pyrrole nitrogens is 1. The molecule has 1 aliphatic heterocycles. The van der Waals surface area contributed by atoms with Gasteiger partial charge in [0, 0.05) is 23.6 Å². The second-order valence-corrected chi connectivity index (χ2v) is 7.60. The summed E-state index contributed by atoms with van der Waals surface area (Å²) < 4.78 is 4.64. The smallest absolute Gasteiger partial charge is 0.341 e. The molecule has 0 radical (unpaired) electrons. The molecule has 1 unspecified atom stereocenters. The number of fused-ring (bicyclic) bond motifs is 1. The molecule has 32 heavy (non-hydrogen) atoms. The van der Waals surface area contributed by atoms with Crippen LogP contribution in [0.2, 0.25) is 0 Å². The third kappa shape index (κ3) is 3.49. The molecule has 1 atom stereocenters. The van der Waals surface area contributed by atoms with Crippen molar-refractivity contribution in [1.82, 2.24) is 9.88 Å². The number of methoxy groups -OCH3 is 1. The number of carbonyl (C=O) groups is 3. The summed E-state index contributed by atoms with van der Waals surface area (Å²) in [7, 11) is 1.20. The number of carbonyl (C=O) groups excluding carboxylic acids is 3. The summed E-state index contributed by atoms with van der Waals surface area (Å²) in [5, 5.41) is 21.8. The van der Waals surface area contributed by atoms with Crippen molar-refractivity contribution in [3.8, 4) is 5.75 Å². The Bertz CT molecular complexity index is 1270. The van der Waals surface area contributed by atoms with Gasteiger partial charge < -0.3 is 24.8 Å². The number of esters is 1. The first-order valence-corrected chi connectivity index (χ1v) is 10.0. The summed E-state index contributed by atoms with van der Waals surface area (Å²) in [4.78, 5) is 41.5. The van der Waals surface area contributed by atoms with Crippen molar-refractivity contribution >= 4 is 28.6 Å². The molecule has 4 rings (SSSR count). The highest BCUT2D eigenvalue weighted by Gasteiger charge is 2.42. The molecule has 0 spiro atoms. The Morgan fingerprint density at radius 2 is 1.91 bits per heavy atom. The largest absolute Gasteiger partial charge is 0.507 e. The SMILES string of the molecule is COC(=O)c1ccc(C2C(C(C)=O)=C(O)C(=O)N2CCc2c[nH]c3ccccc23)cc1O. The van der Waals surface area contributed by atoms with E-state index in [1.165, 1.54) is 37.1 Å². The third-order valence-electron chi connectivity index (χ3n) is 5.72. The summed E-state index contributed by atoms with van der Waals surface area (Å²) >= 11 is 0. The van der Waals surface area contributed by atoms with E-state index < -0.39 is 29.5 Å². The number of nitrogens with one attached hydrogen (secondary N) is 1. The molecule has 8 heteroatoms. The number of nitrogens with zero attached hydrogens (tertiary/aromatic N) is 1. The molecule has 0 saturated carbocycles. The molecular weight excluding hydrogens is 412 g/mol. The number of amides is 1. The number of phenols is 1. The van der Waals surface area contributed by atoms with Gasteiger partial charge in [-0.1, -0.05) is 24.3 Å². The summed E-state index contributed by atoms with van der Waals surface area (Å²) in [6, 6.07) is 11.1. The zero-order chi connectivity index (χ0) is 23.0. The van der Waals surface area contributed by atoms with E-state index in [0.717, 1.165) is 16.5 Å². The first-order valence-electron chi connectivity index (χ1n) is 10.0. The zero-order valence-corrected chi connectivity index (χ0v) is 17.6. The maximum atomic E-state index is 12.9. The van der Waals surface area contributed by atoms with E-state index in [1.807, 2.05) is 30.5 Å². The molecule has 2 heterocycles. The van der Waals surface area contributed by atoms with Gasteiger partial charge in [0.15, 0.2) is 11.5 Å². The zero-order valence-electron chi connectivity index (χ0n) is 17.6. The average molecular weight is 434 g/mol. The van der Waals surface area contributed by atoms with Gasteiger partial charge in [0.05, 0.1) is 18.7 Å². The molecule has 3 N–H and O–H groups in total. The Kier molecular flexibility index (Phi) is 5.44. The Morgan fingerprint density at radius 1 is 1.16 bits per heavy atom. The van der Waals surface area contributed by atoms with Crippen molar-refractivity contribution in [1.29, 1.82) is 0 Å². The minimum atomic E-state index is -0.886. The van der Waals surface area contributed by atoms with Crippen molar-refractivity contribution in [3.63, 3.8) is 0 Å². The van der Waals surface area contributed by atoms with Crippen LogP contribution >= 0.6 is 0 Å². The average Bonchev–Trinajstić information content (AvgIpc) is 3.30. The number of phenolic OH excluding ortho intramolecular Hbond substituents is 1. The van der Waals surface area contributed by atoms with Crippen molar-refractivity contribution in [2.45, 2.75) is 19.4 Å². The first kappa shape index (κ1) is 21.2. The summed E-state index contributed by atoms with van der Waals surface area (Å²) in [6.45, 7) is 1.50. The number of para-hydroxylation sites is 1. The highest BCUT2D eigenvalue weighted by Crippen LogP contribution is 2.39. The summed E-state index contributed by atoms with van der Waals surface area (Å²) in [6.07, 6.45) is 2.35. The Morgan fingerprint density at radius 3 is 2.59 bits per heavy atom. The van der Waals surface area contributed by atoms with Gasteiger partial charge in [-0.2, -0.15) is 0 Å². The maximum absolute atomic E-state index is 12.9. The highest BCUT2D eigenvalue weighted by molar-refractivity contribution is 6.08. The lowest BCUT2D eigenvalue weighted by Crippen LogP contribution is -2.33. The maximum Gasteiger partial charge on any atom is 0.341 e. The van der Waals surface area contributed by atoms with Gasteiger partial charge in [-0.25, -0.2) is 4.79 Å². The number of aliphatic hydroxyl groups is 1. The van der Waals surface area contributed by atoms with Gasteiger partial charge >= 0.3 is 5.97 Å². The van der Waals surface area contributed by atoms with Crippen LogP contribution in [0.4, 0.5) is 0 Å². The molecular formula is C24H22N2O6. The first-order chi connectivity index (χ1) is 15.3. The Hall–Kier alpha value is -4.07. The van der Waals surface area contributed by atoms with E-state index in [2.05, 4.69) is 9.72 Å². The van der Waals surface area contributed by atoms with Gasteiger partial charge in [0.25, 0.3) is 5.91 Å². The quantitative estimate of drug-likeness (QED) is 0.513. The van der Waals surface area contributed by atoms with E-state index >= 15 is 0 Å². The topological polar surface area (TPSA) is 120 Å². The fraction of sp³-hybridized carbons (Fsp3) is 0.208. The number of aliphatic hydroxyl groups excluding tert-OH is 1. The van der Waals surface area contributed by atoms with Crippen LogP contribution in [0.1, 0.15) is 34.5 Å². The number of hydrogen-bond acceptors (Lipinski definition) is 6. The number of aromatic nitrogens is 1. The van der Waals surface area contributed by atoms with Crippen LogP contribution in [0.3, 0.4) is 0 Å². The monoisotopic (exact) mass is 434 g/mol. The number of hydrogen-bond donors (Lipinski definition) is 3. The second-order valence-electron chi connectivity index (χ2n) is 7.60. The van der Waals surface area contributed by atoms with Crippen LogP contribution in [-0.2, 0) is 20.7 Å². The van der Waals surface area contributed by atoms with Crippen molar-refractivity contribution in [2.75, 3.05) is 13.7 Å². The summed E-state index contributed by atoms with van der Waals surface area (Å²) in [5.74, 6) is -2.76. The molecule has 0 fully saturated rings. The van der Waals surface area contributed by atoms with Crippen LogP contribution in [0, 0.1) is 0 Å². The number of benzene rings is 2. The van der Waals surface area contributed by atoms with Crippen molar-refractivity contribution < 1.29 is 29.3 Å². The fourth-order valence-electron chi connectivity index (χ4n) is 4.17. The molecule has 1 aliphatic rings. The van der Waals surface area contributed by atoms with E-state index in [-0.39, 0.29) is 23.4 Å². The lowest BCUT2D eigenvalue weighted by molar-refractivity contribution is -0.129. The van der Waals surface area contributed by atoms with Gasteiger partial charge in [0.2, 0.25) is 0 Å². The number of ether oxygens (including phenoxy) is 1. The molecule has 8 nitrogen and oxygen atoms in total. The molecule has 3 aromatic rings. The third-order valence-corrected chi connectivity index (χ3v) is 5.72. The van der Waals surface area contributed by atoms with Crippen LogP contribution in [0.5, 0.6) is 5.75 Å². The molecule has 164 valence electrons. The Labute approximate surface area is 183 Å². The highest BCUT2D eigenvalue weighted by atomic mass is 16.5. The molecule has 0 bridgehead atoms. The van der Waals surface area contributed by atoms with Crippen LogP contribution in [0.15, 0.2) is 60.0 Å². The van der Waals surface area contributed by atoms with Crippen molar-refractivity contribution in [2.24, 2.45) is 0 Å². The number of Topliss-reactive ketones (excluding diaryl/α,β-unsaturated/α-hetero) is 1. The van der Waals surface area contributed by atoms with E-state index in [9.17, 15) is 24.6 Å². The molecule has 0 saturated heterocycles. The van der Waals surface area contributed by atoms with Crippen LogP contribution in [-0.4, -0.2) is 51.4 Å². The van der Waals surface area contributed by atoms with Crippen molar-refractivity contribution in [3.05, 3.63) is 76.7 Å². The standard InChI is InChI=1S/C24H22N2O6/c1-13(27)20-21(14-7-8-17(19(28)11-14)24(31)32-2)26(23(30)22(20)29)10-9-15-12-25-18-6-4-3-5-16(15)18/h3-8,11-12,21,25,28-29H,9-10H2,1-2H3. The molecule has 1 aromatic heterocycles. The minimum absolute atomic E-state index is 0.0384. The molecule has 2 aromatic carbocycles. The lowest BCUT2D eigenvalue weighted by Gasteiger charge is -2.27. The van der Waals surface area contributed by atoms with Gasteiger partial charge in [-0.05, 0) is 42.7 Å². The van der Waals surface area contributed by atoms with Crippen LogP contribution < -0.4 is 0 Å². The van der Waals surface area contributed by atoms with Gasteiger partial charge in [-0.15, -0.1) is 0 Å². The number of rotatable bonds is 6. The summed E-state index contributed by atoms with van der Waals surface area (Å²) in [5.41, 5.74) is 2.28. The number of aromatic hydroxyl groups is 1. The predicted molar refractivity (Wildman–Crippen MR) is 116 cm³/mol. The van der Waals surface area contributed by atoms with Crippen LogP contribution in [0.25, 0.3) is 10.9 Å². The molecule has 0 aliphatic carbocycles. The molecule has 1 amide bonds. The van der Waals surface area contributed by atoms with E-state index in [1.54, 1.807) is 0 Å². The minimum Gasteiger partial charge on any atom is -0.507 e. The van der Waals surface area contributed by atoms with Gasteiger partial charge in [0.1, 0.15) is 11.3 Å². The number of ketones is 1. The second kappa shape index (κ2) is 8.22. The van der Waals surface area contributed by atoms with E-state index in [4.69, 9.17) is 0 Å². The predicted octanol–water partition coefficient (Wildman–Crippen LogP) is 3.19.